The smallest absolute Gasteiger partial charge is 0.0500 e. The molecule has 55 heavy (non-hydrogen) atoms. The molecule has 1 aromatic rings. The number of unbranched alkanes of at least 4 members (excludes halogenated alkanes) is 1. The lowest BCUT2D eigenvalue weighted by atomic mass is 9.83. The number of hydrogen-bond donors (Lipinski definition) is 0. The third kappa shape index (κ3) is 7.45. The second-order valence-corrected chi connectivity index (χ2v) is 21.4. The van der Waals surface area contributed by atoms with Crippen molar-refractivity contribution in [1.29, 1.82) is 0 Å². The fourth-order valence-corrected chi connectivity index (χ4v) is 15.1. The van der Waals surface area contributed by atoms with E-state index in [1.807, 2.05) is 0 Å². The first-order chi connectivity index (χ1) is 27.1. The first kappa shape index (κ1) is 35.8. The lowest BCUT2D eigenvalue weighted by molar-refractivity contribution is 0.0579. The van der Waals surface area contributed by atoms with E-state index in [1.54, 1.807) is 11.1 Å². The molecule has 0 aliphatic heterocycles. The van der Waals surface area contributed by atoms with Crippen molar-refractivity contribution in [2.75, 3.05) is 13.2 Å². The van der Waals surface area contributed by atoms with Gasteiger partial charge in [0.25, 0.3) is 0 Å². The lowest BCUT2D eigenvalue weighted by Crippen LogP contribution is -2.20. The Hall–Kier alpha value is -2.38. The summed E-state index contributed by atoms with van der Waals surface area (Å²) >= 11 is 0. The molecule has 6 fully saturated rings. The van der Waals surface area contributed by atoms with Crippen LogP contribution in [0.2, 0.25) is 0 Å². The summed E-state index contributed by atoms with van der Waals surface area (Å²) in [5, 5.41) is 0. The van der Waals surface area contributed by atoms with Gasteiger partial charge in [-0.25, -0.2) is 0 Å². The molecule has 292 valence electrons. The number of benzene rings is 1. The Morgan fingerprint density at radius 2 is 0.636 bits per heavy atom. The summed E-state index contributed by atoms with van der Waals surface area (Å²) < 4.78 is 6.04. The lowest BCUT2D eigenvalue weighted by Gasteiger charge is -2.22. The van der Waals surface area contributed by atoms with Crippen molar-refractivity contribution in [2.45, 2.75) is 115 Å². The van der Waals surface area contributed by atoms with Crippen molar-refractivity contribution < 1.29 is 4.74 Å². The average Bonchev–Trinajstić information content (AvgIpc) is 4.07. The fraction of sp³-hybridized carbons (Fsp3) is 0.667. The molecule has 0 N–H and O–H groups in total. The maximum Gasteiger partial charge on any atom is 0.0500 e. The second kappa shape index (κ2) is 15.4. The van der Waals surface area contributed by atoms with Gasteiger partial charge in [-0.3, -0.25) is 0 Å². The van der Waals surface area contributed by atoms with Crippen LogP contribution < -0.4 is 0 Å². The van der Waals surface area contributed by atoms with Crippen molar-refractivity contribution in [3.05, 3.63) is 108 Å². The fourth-order valence-electron chi connectivity index (χ4n) is 15.1. The monoisotopic (exact) mass is 735 g/mol. The van der Waals surface area contributed by atoms with Crippen LogP contribution in [-0.4, -0.2) is 13.2 Å². The van der Waals surface area contributed by atoms with Gasteiger partial charge in [0.2, 0.25) is 0 Å². The Balaban J connectivity index is 0.0000000964. The van der Waals surface area contributed by atoms with Gasteiger partial charge in [0.05, 0.1) is 0 Å². The van der Waals surface area contributed by atoms with Gasteiger partial charge in [0.15, 0.2) is 0 Å². The van der Waals surface area contributed by atoms with Crippen molar-refractivity contribution in [3.63, 3.8) is 0 Å². The zero-order valence-electron chi connectivity index (χ0n) is 33.8. The topological polar surface area (TPSA) is 9.23 Å². The summed E-state index contributed by atoms with van der Waals surface area (Å²) in [6.45, 7) is 2.03. The Kier molecular flexibility index (Phi) is 10.0. The Labute approximate surface area is 334 Å². The first-order valence-corrected chi connectivity index (χ1v) is 23.9. The van der Waals surface area contributed by atoms with Gasteiger partial charge < -0.3 is 4.74 Å². The molecule has 0 radical (unpaired) electrons. The summed E-state index contributed by atoms with van der Waals surface area (Å²) in [5.74, 6) is 16.1. The van der Waals surface area contributed by atoms with Crippen LogP contribution in [0.4, 0.5) is 0 Å². The standard InChI is InChI=1S/C20H22.C18H26.C16H22O/c1-3-17-9-13(1)11-19(17)15-5-7-16(8-6-15)20-12-14-2-4-18(20)10-14;1(3-15-9-13-5-7-17(15)11-13)2-4-16-10-14-6-8-18(16)12-14;1-3-13-5-11(1)7-15(13)9-17-10-16-8-12-2-4-14(16)6-12/h1-8,13-14,17-20H,9-12H2;5-8,13-18H,1-4,9-12H2;1-4,11-16H,5-10H2. The van der Waals surface area contributed by atoms with Gasteiger partial charge >= 0.3 is 0 Å². The predicted molar refractivity (Wildman–Crippen MR) is 227 cm³/mol. The van der Waals surface area contributed by atoms with Crippen LogP contribution in [0.15, 0.2) is 97.2 Å². The molecule has 12 bridgehead atoms. The summed E-state index contributed by atoms with van der Waals surface area (Å²) in [7, 11) is 0. The number of fused-ring (bicyclic) bond motifs is 12. The van der Waals surface area contributed by atoms with Gasteiger partial charge in [0, 0.05) is 13.2 Å². The summed E-state index contributed by atoms with van der Waals surface area (Å²) in [6, 6.07) is 9.74. The molecular formula is C54H70O. The van der Waals surface area contributed by atoms with Crippen LogP contribution in [0.3, 0.4) is 0 Å². The number of allylic oxidation sites excluding steroid dienone is 12. The van der Waals surface area contributed by atoms with Crippen LogP contribution in [0.25, 0.3) is 0 Å². The van der Waals surface area contributed by atoms with Gasteiger partial charge in [-0.15, -0.1) is 0 Å². The molecule has 12 aliphatic rings. The quantitative estimate of drug-likeness (QED) is 0.162. The average molecular weight is 735 g/mol. The summed E-state index contributed by atoms with van der Waals surface area (Å²) in [4.78, 5) is 0. The number of ether oxygens (including phenoxy) is 1. The van der Waals surface area contributed by atoms with E-state index in [0.717, 1.165) is 120 Å². The highest BCUT2D eigenvalue weighted by molar-refractivity contribution is 5.34. The Morgan fingerprint density at radius 1 is 0.327 bits per heavy atom. The summed E-state index contributed by atoms with van der Waals surface area (Å²) in [5.41, 5.74) is 3.17. The zero-order chi connectivity index (χ0) is 36.3. The van der Waals surface area contributed by atoms with Crippen LogP contribution >= 0.6 is 0 Å². The molecule has 6 saturated carbocycles. The van der Waals surface area contributed by atoms with E-state index >= 15 is 0 Å². The Bertz CT molecular complexity index is 1560. The van der Waals surface area contributed by atoms with Gasteiger partial charge in [-0.2, -0.15) is 0 Å². The maximum absolute atomic E-state index is 6.04. The normalized spacial score (nSPS) is 46.8. The van der Waals surface area contributed by atoms with Crippen molar-refractivity contribution >= 4 is 0 Å². The van der Waals surface area contributed by atoms with Gasteiger partial charge in [0.1, 0.15) is 0 Å². The van der Waals surface area contributed by atoms with Crippen LogP contribution in [0.1, 0.15) is 126 Å². The van der Waals surface area contributed by atoms with E-state index in [4.69, 9.17) is 4.74 Å². The van der Waals surface area contributed by atoms with Crippen molar-refractivity contribution in [1.82, 2.24) is 0 Å². The third-order valence-corrected chi connectivity index (χ3v) is 18.1. The van der Waals surface area contributed by atoms with Crippen molar-refractivity contribution in [3.8, 4) is 0 Å². The predicted octanol–water partition coefficient (Wildman–Crippen LogP) is 13.4. The minimum absolute atomic E-state index is 0.805. The van der Waals surface area contributed by atoms with Crippen LogP contribution in [0, 0.1) is 94.7 Å². The van der Waals surface area contributed by atoms with E-state index in [1.165, 1.54) is 103 Å². The minimum Gasteiger partial charge on any atom is -0.381 e. The first-order valence-electron chi connectivity index (χ1n) is 23.9. The minimum atomic E-state index is 0.805. The Morgan fingerprint density at radius 3 is 0.909 bits per heavy atom. The second-order valence-electron chi connectivity index (χ2n) is 21.4. The molecule has 1 nitrogen and oxygen atoms in total. The molecule has 18 atom stereocenters. The molecule has 0 aromatic heterocycles. The molecule has 12 aliphatic carbocycles. The molecule has 18 unspecified atom stereocenters. The molecule has 0 spiro atoms. The van der Waals surface area contributed by atoms with Crippen LogP contribution in [0.5, 0.6) is 0 Å². The number of hydrogen-bond acceptors (Lipinski definition) is 1. The SMILES string of the molecule is C1=CC2CC1CC2CCCCC1CC2C=CC1C2.C1=CC2CC1CC2COCC1CC2C=CC1C2.C1=CC2CC1CC2c1ccc(C2CC3C=CC2C3)cc1. The van der Waals surface area contributed by atoms with E-state index in [0.29, 0.717) is 0 Å². The molecule has 1 aromatic carbocycles. The van der Waals surface area contributed by atoms with E-state index in [2.05, 4.69) is 97.2 Å². The summed E-state index contributed by atoms with van der Waals surface area (Å²) in [6.07, 6.45) is 52.7. The largest absolute Gasteiger partial charge is 0.381 e. The molecular weight excluding hydrogens is 665 g/mol. The molecule has 1 heteroatoms. The highest BCUT2D eigenvalue weighted by Gasteiger charge is 2.40. The molecule has 0 amide bonds. The third-order valence-electron chi connectivity index (χ3n) is 18.1. The molecule has 13 rings (SSSR count). The van der Waals surface area contributed by atoms with E-state index in [9.17, 15) is 0 Å². The molecule has 0 heterocycles. The molecule has 0 saturated heterocycles. The maximum atomic E-state index is 6.04. The number of rotatable bonds is 11. The van der Waals surface area contributed by atoms with E-state index in [-0.39, 0.29) is 0 Å². The highest BCUT2D eigenvalue weighted by atomic mass is 16.5. The van der Waals surface area contributed by atoms with E-state index < -0.39 is 0 Å². The zero-order valence-corrected chi connectivity index (χ0v) is 33.8. The highest BCUT2D eigenvalue weighted by Crippen LogP contribution is 2.52. The van der Waals surface area contributed by atoms with Gasteiger partial charge in [-0.05, 0) is 208 Å². The van der Waals surface area contributed by atoms with Gasteiger partial charge in [-0.1, -0.05) is 110 Å². The van der Waals surface area contributed by atoms with Crippen LogP contribution in [-0.2, 0) is 4.74 Å². The van der Waals surface area contributed by atoms with Crippen molar-refractivity contribution in [2.24, 2.45) is 94.7 Å².